The first kappa shape index (κ1) is 26.4. The number of likely N-dealkylation sites (tertiary alicyclic amines) is 1. The number of cyclic esters (lactones) is 1. The van der Waals surface area contributed by atoms with E-state index < -0.39 is 17.7 Å². The van der Waals surface area contributed by atoms with E-state index in [1.165, 1.54) is 0 Å². The second-order valence-corrected chi connectivity index (χ2v) is 11.6. The van der Waals surface area contributed by atoms with Crippen molar-refractivity contribution in [2.45, 2.75) is 70.4 Å². The van der Waals surface area contributed by atoms with Gasteiger partial charge in [0.05, 0.1) is 30.3 Å². The van der Waals surface area contributed by atoms with Crippen LogP contribution in [0, 0.1) is 5.92 Å². The Morgan fingerprint density at radius 1 is 1.25 bits per heavy atom. The summed E-state index contributed by atoms with van der Waals surface area (Å²) in [6, 6.07) is 9.10. The van der Waals surface area contributed by atoms with Crippen molar-refractivity contribution in [1.82, 2.24) is 14.9 Å². The molecule has 3 aromatic rings. The summed E-state index contributed by atoms with van der Waals surface area (Å²) in [6.07, 6.45) is 1.68. The lowest BCUT2D eigenvalue weighted by Crippen LogP contribution is -2.56. The van der Waals surface area contributed by atoms with Gasteiger partial charge in [-0.1, -0.05) is 19.9 Å². The zero-order valence-electron chi connectivity index (χ0n) is 23.1. The molecule has 1 saturated heterocycles. The number of hydrogen-bond donors (Lipinski definition) is 2. The van der Waals surface area contributed by atoms with Gasteiger partial charge in [-0.25, -0.2) is 19.2 Å². The van der Waals surface area contributed by atoms with Crippen molar-refractivity contribution >= 4 is 34.3 Å². The Labute approximate surface area is 232 Å². The molecule has 9 nitrogen and oxygen atoms in total. The highest BCUT2D eigenvalue weighted by Crippen LogP contribution is 2.40. The first-order chi connectivity index (χ1) is 19.1. The molecule has 2 aliphatic heterocycles. The topological polar surface area (TPSA) is 120 Å². The molecule has 1 saturated carbocycles. The minimum absolute atomic E-state index is 0.0826. The van der Waals surface area contributed by atoms with E-state index in [1.54, 1.807) is 23.2 Å². The summed E-state index contributed by atoms with van der Waals surface area (Å²) in [5.74, 6) is 0.768. The van der Waals surface area contributed by atoms with Crippen LogP contribution in [0.1, 0.15) is 74.1 Å². The average molecular weight is 548 g/mol. The van der Waals surface area contributed by atoms with Gasteiger partial charge in [-0.05, 0) is 61.9 Å². The van der Waals surface area contributed by atoms with Crippen LogP contribution in [0.3, 0.4) is 0 Å². The van der Waals surface area contributed by atoms with Crippen LogP contribution in [0.4, 0.5) is 16.0 Å². The Morgan fingerprint density at radius 3 is 2.70 bits per heavy atom. The van der Waals surface area contributed by atoms with Crippen LogP contribution >= 0.6 is 0 Å². The number of nitrogens with two attached hydrogens (primary N) is 1. The van der Waals surface area contributed by atoms with E-state index in [1.807, 2.05) is 45.9 Å². The largest absolute Gasteiger partial charge is 0.486 e. The number of alkyl halides is 1. The van der Waals surface area contributed by atoms with Crippen LogP contribution in [0.2, 0.25) is 0 Å². The molecule has 0 spiro atoms. The number of anilines is 2. The molecule has 0 radical (unpaired) electrons. The molecule has 4 atom stereocenters. The number of halogens is 1. The number of carbonyl (C=O) groups is 2. The van der Waals surface area contributed by atoms with Gasteiger partial charge < -0.3 is 25.4 Å². The molecule has 3 N–H and O–H groups in total. The SMILES string of the molecule is CC[C@H](N)c1ccc(OC2CN(C(=O)[C@H]3C[C@H]3F)C2)c2cnc(Nc3ccc4c(n3)[C@@H](C)C(C)(C)OC4=O)cc12. The number of aromatic nitrogens is 2. The van der Waals surface area contributed by atoms with Gasteiger partial charge in [0, 0.05) is 23.5 Å². The average Bonchev–Trinajstić information content (AvgIpc) is 3.64. The molecule has 210 valence electrons. The lowest BCUT2D eigenvalue weighted by Gasteiger charge is -2.39. The minimum atomic E-state index is -0.996. The van der Waals surface area contributed by atoms with Crippen LogP contribution in [-0.2, 0) is 9.53 Å². The number of rotatable bonds is 7. The van der Waals surface area contributed by atoms with Crippen LogP contribution < -0.4 is 15.8 Å². The number of fused-ring (bicyclic) bond motifs is 2. The standard InChI is InChI=1S/C30H34FN5O4/c1-5-23(32)17-6-8-24(39-16-13-36(14-16)28(37)20-10-22(20)31)21-12-33-26(11-19(17)21)34-25-9-7-18-27(35-25)15(2)30(3,4)40-29(18)38/h6-9,11-12,15-16,20,22-23H,5,10,13-14,32H2,1-4H3,(H,33,34,35)/t15-,20+,22-,23+/m1/s1. The molecule has 6 rings (SSSR count). The van der Waals surface area contributed by atoms with Gasteiger partial charge in [0.1, 0.15) is 35.3 Å². The summed E-state index contributed by atoms with van der Waals surface area (Å²) < 4.78 is 25.1. The minimum Gasteiger partial charge on any atom is -0.486 e. The van der Waals surface area contributed by atoms with Crippen LogP contribution in [0.25, 0.3) is 10.8 Å². The van der Waals surface area contributed by atoms with E-state index >= 15 is 0 Å². The Balaban J connectivity index is 1.26. The molecule has 0 bridgehead atoms. The van der Waals surface area contributed by atoms with Gasteiger partial charge in [0.2, 0.25) is 5.91 Å². The maximum Gasteiger partial charge on any atom is 0.340 e. The fraction of sp³-hybridized carbons (Fsp3) is 0.467. The summed E-state index contributed by atoms with van der Waals surface area (Å²) in [5.41, 5.74) is 7.94. The molecule has 2 aromatic heterocycles. The smallest absolute Gasteiger partial charge is 0.340 e. The van der Waals surface area contributed by atoms with Gasteiger partial charge in [0.15, 0.2) is 0 Å². The molecule has 1 aromatic carbocycles. The van der Waals surface area contributed by atoms with Crippen LogP contribution in [-0.4, -0.2) is 57.7 Å². The number of amides is 1. The quantitative estimate of drug-likeness (QED) is 0.406. The Morgan fingerprint density at radius 2 is 2.00 bits per heavy atom. The first-order valence-corrected chi connectivity index (χ1v) is 13.8. The predicted molar refractivity (Wildman–Crippen MR) is 148 cm³/mol. The van der Waals surface area contributed by atoms with E-state index in [4.69, 9.17) is 20.2 Å². The Hall–Kier alpha value is -3.79. The maximum absolute atomic E-state index is 13.3. The number of nitrogens with one attached hydrogen (secondary N) is 1. The van der Waals surface area contributed by atoms with E-state index in [9.17, 15) is 14.0 Å². The van der Waals surface area contributed by atoms with Crippen molar-refractivity contribution < 1.29 is 23.5 Å². The highest BCUT2D eigenvalue weighted by Gasteiger charge is 2.48. The van der Waals surface area contributed by atoms with Crippen molar-refractivity contribution in [3.8, 4) is 5.75 Å². The van der Waals surface area contributed by atoms with Crippen LogP contribution in [0.15, 0.2) is 36.5 Å². The number of nitrogens with zero attached hydrogens (tertiary/aromatic N) is 3. The number of esters is 1. The number of benzene rings is 1. The predicted octanol–water partition coefficient (Wildman–Crippen LogP) is 4.78. The van der Waals surface area contributed by atoms with Crippen molar-refractivity contribution in [1.29, 1.82) is 0 Å². The van der Waals surface area contributed by atoms with Gasteiger partial charge in [-0.3, -0.25) is 4.79 Å². The van der Waals surface area contributed by atoms with Crippen LogP contribution in [0.5, 0.6) is 5.75 Å². The third-order valence-electron chi connectivity index (χ3n) is 8.43. The van der Waals surface area contributed by atoms with Gasteiger partial charge in [0.25, 0.3) is 0 Å². The summed E-state index contributed by atoms with van der Waals surface area (Å²) in [4.78, 5) is 35.8. The zero-order chi connectivity index (χ0) is 28.3. The first-order valence-electron chi connectivity index (χ1n) is 13.8. The molecule has 4 heterocycles. The zero-order valence-corrected chi connectivity index (χ0v) is 23.1. The number of ether oxygens (including phenoxy) is 2. The van der Waals surface area contributed by atoms with E-state index in [0.29, 0.717) is 48.2 Å². The lowest BCUT2D eigenvalue weighted by molar-refractivity contribution is -0.141. The second-order valence-electron chi connectivity index (χ2n) is 11.6. The maximum atomic E-state index is 13.3. The third-order valence-corrected chi connectivity index (χ3v) is 8.43. The molecule has 1 aliphatic carbocycles. The fourth-order valence-electron chi connectivity index (χ4n) is 5.37. The molecule has 10 heteroatoms. The molecule has 3 aliphatic rings. The van der Waals surface area contributed by atoms with Crippen molar-refractivity contribution in [3.05, 3.63) is 53.3 Å². The van der Waals surface area contributed by atoms with Crippen molar-refractivity contribution in [2.24, 2.45) is 11.7 Å². The summed E-state index contributed by atoms with van der Waals surface area (Å²) in [7, 11) is 0. The second kappa shape index (κ2) is 9.69. The van der Waals surface area contributed by atoms with E-state index in [2.05, 4.69) is 10.3 Å². The summed E-state index contributed by atoms with van der Waals surface area (Å²) >= 11 is 0. The number of carbonyl (C=O) groups excluding carboxylic acids is 2. The molecular formula is C30H34FN5O4. The van der Waals surface area contributed by atoms with Gasteiger partial charge in [-0.2, -0.15) is 0 Å². The van der Waals surface area contributed by atoms with Gasteiger partial charge >= 0.3 is 5.97 Å². The fourth-order valence-corrected chi connectivity index (χ4v) is 5.37. The molecular weight excluding hydrogens is 513 g/mol. The monoisotopic (exact) mass is 547 g/mol. The third kappa shape index (κ3) is 4.64. The molecule has 2 fully saturated rings. The van der Waals surface area contributed by atoms with E-state index in [-0.39, 0.29) is 29.9 Å². The van der Waals surface area contributed by atoms with E-state index in [0.717, 1.165) is 22.8 Å². The molecule has 0 unspecified atom stereocenters. The normalized spacial score (nSPS) is 24.1. The summed E-state index contributed by atoms with van der Waals surface area (Å²) in [5, 5.41) is 5.01. The number of hydrogen-bond acceptors (Lipinski definition) is 8. The van der Waals surface area contributed by atoms with Crippen molar-refractivity contribution in [2.75, 3.05) is 18.4 Å². The van der Waals surface area contributed by atoms with Gasteiger partial charge in [-0.15, -0.1) is 0 Å². The lowest BCUT2D eigenvalue weighted by atomic mass is 9.84. The highest BCUT2D eigenvalue weighted by atomic mass is 19.1. The Kier molecular flexibility index (Phi) is 6.40. The Bertz CT molecular complexity index is 1500. The highest BCUT2D eigenvalue weighted by molar-refractivity contribution is 5.94. The molecule has 1 amide bonds. The molecule has 40 heavy (non-hydrogen) atoms. The van der Waals surface area contributed by atoms with Crippen molar-refractivity contribution in [3.63, 3.8) is 0 Å². The summed E-state index contributed by atoms with van der Waals surface area (Å²) in [6.45, 7) is 8.69. The number of pyridine rings is 2.